The molecular weight excluding hydrogens is 254 g/mol. The molecule has 1 aromatic carbocycles. The van der Waals surface area contributed by atoms with Crippen molar-refractivity contribution < 1.29 is 9.53 Å². The summed E-state index contributed by atoms with van der Waals surface area (Å²) in [5.41, 5.74) is 6.45. The minimum Gasteiger partial charge on any atom is -0.484 e. The van der Waals surface area contributed by atoms with Crippen LogP contribution in [0.15, 0.2) is 24.3 Å². The number of hydrogen-bond donors (Lipinski definition) is 2. The highest BCUT2D eigenvalue weighted by Gasteiger charge is 2.17. The van der Waals surface area contributed by atoms with Gasteiger partial charge in [0.05, 0.1) is 0 Å². The van der Waals surface area contributed by atoms with Crippen molar-refractivity contribution in [3.63, 3.8) is 0 Å². The molecule has 0 saturated carbocycles. The highest BCUT2D eigenvalue weighted by molar-refractivity contribution is 5.78. The van der Waals surface area contributed by atoms with Crippen molar-refractivity contribution in [2.24, 2.45) is 5.73 Å². The molecule has 0 atom stereocenters. The summed E-state index contributed by atoms with van der Waals surface area (Å²) in [7, 11) is 0. The Morgan fingerprint density at radius 3 is 2.90 bits per heavy atom. The minimum absolute atomic E-state index is 0.0731. The van der Waals surface area contributed by atoms with E-state index in [1.165, 1.54) is 0 Å². The van der Waals surface area contributed by atoms with Gasteiger partial charge in [-0.05, 0) is 37.9 Å². The third-order valence-electron chi connectivity index (χ3n) is 3.37. The van der Waals surface area contributed by atoms with Crippen molar-refractivity contribution >= 4 is 11.6 Å². The highest BCUT2D eigenvalue weighted by Crippen LogP contribution is 2.17. The van der Waals surface area contributed by atoms with Crippen LogP contribution in [0.5, 0.6) is 5.75 Å². The normalized spacial score (nSPS) is 14.3. The smallest absolute Gasteiger partial charge is 0.260 e. The maximum atomic E-state index is 11.9. The topological polar surface area (TPSA) is 67.6 Å². The zero-order valence-corrected chi connectivity index (χ0v) is 11.8. The molecule has 0 radical (unpaired) electrons. The Bertz CT molecular complexity index is 431. The van der Waals surface area contributed by atoms with E-state index < -0.39 is 0 Å². The van der Waals surface area contributed by atoms with Gasteiger partial charge in [0.1, 0.15) is 5.75 Å². The van der Waals surface area contributed by atoms with Crippen LogP contribution in [0.1, 0.15) is 19.3 Å². The van der Waals surface area contributed by atoms with Crippen molar-refractivity contribution in [1.29, 1.82) is 0 Å². The maximum absolute atomic E-state index is 11.9. The predicted molar refractivity (Wildman–Crippen MR) is 79.9 cm³/mol. The predicted octanol–water partition coefficient (Wildman–Crippen LogP) is 1.45. The fourth-order valence-corrected chi connectivity index (χ4v) is 2.23. The molecule has 20 heavy (non-hydrogen) atoms. The summed E-state index contributed by atoms with van der Waals surface area (Å²) in [6.07, 6.45) is 3.14. The molecule has 0 bridgehead atoms. The van der Waals surface area contributed by atoms with Gasteiger partial charge in [-0.15, -0.1) is 0 Å². The first kappa shape index (κ1) is 14.7. The fraction of sp³-hybridized carbons (Fsp3) is 0.533. The number of rotatable bonds is 7. The molecule has 1 saturated heterocycles. The van der Waals surface area contributed by atoms with E-state index in [1.807, 2.05) is 29.2 Å². The molecule has 0 aromatic heterocycles. The van der Waals surface area contributed by atoms with Gasteiger partial charge < -0.3 is 20.7 Å². The molecule has 3 N–H and O–H groups in total. The lowest BCUT2D eigenvalue weighted by Crippen LogP contribution is -2.32. The first-order chi connectivity index (χ1) is 9.79. The molecule has 1 aromatic rings. The Balaban J connectivity index is 1.79. The Kier molecular flexibility index (Phi) is 5.68. The van der Waals surface area contributed by atoms with Crippen LogP contribution in [0.4, 0.5) is 5.69 Å². The fourth-order valence-electron chi connectivity index (χ4n) is 2.23. The average Bonchev–Trinajstić information content (AvgIpc) is 3.00. The van der Waals surface area contributed by atoms with Gasteiger partial charge in [0.25, 0.3) is 5.91 Å². The molecule has 110 valence electrons. The number of ether oxygens (including phenoxy) is 1. The van der Waals surface area contributed by atoms with Gasteiger partial charge in [-0.3, -0.25) is 4.79 Å². The molecule has 1 aliphatic heterocycles. The van der Waals surface area contributed by atoms with Gasteiger partial charge in [-0.25, -0.2) is 0 Å². The number of benzene rings is 1. The Labute approximate surface area is 120 Å². The van der Waals surface area contributed by atoms with Gasteiger partial charge in [-0.1, -0.05) is 6.07 Å². The summed E-state index contributed by atoms with van der Waals surface area (Å²) in [5.74, 6) is 0.791. The third-order valence-corrected chi connectivity index (χ3v) is 3.37. The van der Waals surface area contributed by atoms with Crippen molar-refractivity contribution in [3.05, 3.63) is 24.3 Å². The summed E-state index contributed by atoms with van der Waals surface area (Å²) in [4.78, 5) is 13.8. The monoisotopic (exact) mass is 277 g/mol. The standard InChI is InChI=1S/C15H23N3O2/c16-7-4-8-17-13-5-3-6-14(11-13)20-12-15(19)18-9-1-2-10-18/h3,5-6,11,17H,1-2,4,7-10,12,16H2. The van der Waals surface area contributed by atoms with Gasteiger partial charge >= 0.3 is 0 Å². The molecule has 0 unspecified atom stereocenters. The quantitative estimate of drug-likeness (QED) is 0.740. The largest absolute Gasteiger partial charge is 0.484 e. The SMILES string of the molecule is NCCCNc1cccc(OCC(=O)N2CCCC2)c1. The lowest BCUT2D eigenvalue weighted by atomic mass is 10.3. The first-order valence-electron chi connectivity index (χ1n) is 7.24. The maximum Gasteiger partial charge on any atom is 0.260 e. The van der Waals surface area contributed by atoms with Crippen LogP contribution in [-0.2, 0) is 4.79 Å². The van der Waals surface area contributed by atoms with Crippen molar-refractivity contribution in [2.75, 3.05) is 38.1 Å². The van der Waals surface area contributed by atoms with Gasteiger partial charge in [0.2, 0.25) is 0 Å². The highest BCUT2D eigenvalue weighted by atomic mass is 16.5. The molecular formula is C15H23N3O2. The molecule has 2 rings (SSSR count). The average molecular weight is 277 g/mol. The second-order valence-corrected chi connectivity index (χ2v) is 4.97. The first-order valence-corrected chi connectivity index (χ1v) is 7.24. The number of anilines is 1. The Hall–Kier alpha value is -1.75. The van der Waals surface area contributed by atoms with Gasteiger partial charge in [0.15, 0.2) is 6.61 Å². The summed E-state index contributed by atoms with van der Waals surface area (Å²) in [6.45, 7) is 3.36. The summed E-state index contributed by atoms with van der Waals surface area (Å²) in [5, 5.41) is 3.27. The van der Waals surface area contributed by atoms with Crippen LogP contribution in [0.3, 0.4) is 0 Å². The zero-order chi connectivity index (χ0) is 14.2. The number of carbonyl (C=O) groups is 1. The van der Waals surface area contributed by atoms with E-state index >= 15 is 0 Å². The third kappa shape index (κ3) is 4.42. The summed E-state index contributed by atoms with van der Waals surface area (Å²) >= 11 is 0. The van der Waals surface area contributed by atoms with Crippen LogP contribution in [0.2, 0.25) is 0 Å². The van der Waals surface area contributed by atoms with Crippen LogP contribution in [0, 0.1) is 0 Å². The number of hydrogen-bond acceptors (Lipinski definition) is 4. The molecule has 1 amide bonds. The number of nitrogens with zero attached hydrogens (tertiary/aromatic N) is 1. The van der Waals surface area contributed by atoms with E-state index in [1.54, 1.807) is 0 Å². The van der Waals surface area contributed by atoms with Crippen LogP contribution in [-0.4, -0.2) is 43.6 Å². The second-order valence-electron chi connectivity index (χ2n) is 4.97. The molecule has 5 heteroatoms. The number of amides is 1. The van der Waals surface area contributed by atoms with E-state index in [0.717, 1.165) is 50.3 Å². The molecule has 0 aliphatic carbocycles. The lowest BCUT2D eigenvalue weighted by molar-refractivity contribution is -0.132. The number of nitrogens with two attached hydrogens (primary N) is 1. The number of nitrogens with one attached hydrogen (secondary N) is 1. The van der Waals surface area contributed by atoms with Crippen molar-refractivity contribution in [1.82, 2.24) is 4.90 Å². The van der Waals surface area contributed by atoms with E-state index in [4.69, 9.17) is 10.5 Å². The summed E-state index contributed by atoms with van der Waals surface area (Å²) < 4.78 is 5.57. The molecule has 1 heterocycles. The van der Waals surface area contributed by atoms with Gasteiger partial charge in [0, 0.05) is 31.4 Å². The van der Waals surface area contributed by atoms with Crippen LogP contribution >= 0.6 is 0 Å². The number of carbonyl (C=O) groups excluding carboxylic acids is 1. The summed E-state index contributed by atoms with van der Waals surface area (Å²) in [6, 6.07) is 7.67. The van der Waals surface area contributed by atoms with Crippen LogP contribution < -0.4 is 15.8 Å². The van der Waals surface area contributed by atoms with Crippen LogP contribution in [0.25, 0.3) is 0 Å². The van der Waals surface area contributed by atoms with E-state index in [-0.39, 0.29) is 12.5 Å². The van der Waals surface area contributed by atoms with Crippen molar-refractivity contribution in [3.8, 4) is 5.75 Å². The molecule has 5 nitrogen and oxygen atoms in total. The Morgan fingerprint density at radius 2 is 2.15 bits per heavy atom. The zero-order valence-electron chi connectivity index (χ0n) is 11.8. The van der Waals surface area contributed by atoms with E-state index in [9.17, 15) is 4.79 Å². The molecule has 0 spiro atoms. The van der Waals surface area contributed by atoms with E-state index in [0.29, 0.717) is 6.54 Å². The van der Waals surface area contributed by atoms with Gasteiger partial charge in [-0.2, -0.15) is 0 Å². The molecule has 1 fully saturated rings. The second kappa shape index (κ2) is 7.75. The minimum atomic E-state index is 0.0731. The molecule has 1 aliphatic rings. The Morgan fingerprint density at radius 1 is 1.35 bits per heavy atom. The van der Waals surface area contributed by atoms with Crippen molar-refractivity contribution in [2.45, 2.75) is 19.3 Å². The number of likely N-dealkylation sites (tertiary alicyclic amines) is 1. The van der Waals surface area contributed by atoms with E-state index in [2.05, 4.69) is 5.32 Å². The lowest BCUT2D eigenvalue weighted by Gasteiger charge is -2.15.